The molecule has 2 heterocycles. The van der Waals surface area contributed by atoms with Crippen molar-refractivity contribution >= 4 is 5.69 Å². The second-order valence-electron chi connectivity index (χ2n) is 5.50. The molecule has 1 saturated heterocycles. The summed E-state index contributed by atoms with van der Waals surface area (Å²) >= 11 is 0. The van der Waals surface area contributed by atoms with Crippen LogP contribution in [0.15, 0.2) is 6.07 Å². The molecule has 2 rings (SSSR count). The molecule has 0 spiro atoms. The van der Waals surface area contributed by atoms with Gasteiger partial charge in [0.2, 0.25) is 0 Å². The molecule has 0 aromatic carbocycles. The Labute approximate surface area is 105 Å². The number of piperazine rings is 1. The third-order valence-corrected chi connectivity index (χ3v) is 3.55. The van der Waals surface area contributed by atoms with E-state index in [9.17, 15) is 0 Å². The van der Waals surface area contributed by atoms with Crippen LogP contribution in [0.3, 0.4) is 0 Å². The van der Waals surface area contributed by atoms with Crippen LogP contribution in [0, 0.1) is 19.8 Å². The minimum Gasteiger partial charge on any atom is -0.368 e. The molecule has 3 nitrogen and oxygen atoms in total. The Kier molecular flexibility index (Phi) is 3.77. The molecule has 1 aliphatic rings. The van der Waals surface area contributed by atoms with Gasteiger partial charge in [-0.05, 0) is 25.8 Å². The first-order chi connectivity index (χ1) is 8.09. The van der Waals surface area contributed by atoms with Gasteiger partial charge in [-0.25, -0.2) is 0 Å². The van der Waals surface area contributed by atoms with Gasteiger partial charge in [-0.2, -0.15) is 0 Å². The first-order valence-corrected chi connectivity index (χ1v) is 6.72. The molecule has 3 heteroatoms. The number of aryl methyl sites for hydroxylation is 1. The van der Waals surface area contributed by atoms with Crippen LogP contribution >= 0.6 is 0 Å². The minimum absolute atomic E-state index is 0.704. The summed E-state index contributed by atoms with van der Waals surface area (Å²) < 4.78 is 2.46. The molecule has 1 aromatic rings. The lowest BCUT2D eigenvalue weighted by Crippen LogP contribution is -2.43. The molecule has 17 heavy (non-hydrogen) atoms. The van der Waals surface area contributed by atoms with E-state index in [4.69, 9.17) is 0 Å². The van der Waals surface area contributed by atoms with Crippen molar-refractivity contribution in [2.45, 2.75) is 34.2 Å². The molecule has 1 fully saturated rings. The van der Waals surface area contributed by atoms with E-state index < -0.39 is 0 Å². The maximum atomic E-state index is 3.41. The van der Waals surface area contributed by atoms with Crippen molar-refractivity contribution in [3.05, 3.63) is 17.5 Å². The third kappa shape index (κ3) is 2.65. The average molecular weight is 235 g/mol. The summed E-state index contributed by atoms with van der Waals surface area (Å²) in [5.41, 5.74) is 4.26. The van der Waals surface area contributed by atoms with Crippen molar-refractivity contribution in [1.29, 1.82) is 0 Å². The second-order valence-corrected chi connectivity index (χ2v) is 5.50. The summed E-state index contributed by atoms with van der Waals surface area (Å²) in [7, 11) is 0. The Balaban J connectivity index is 2.23. The normalized spacial score (nSPS) is 16.9. The summed E-state index contributed by atoms with van der Waals surface area (Å²) in [6.45, 7) is 14.6. The van der Waals surface area contributed by atoms with Crippen LogP contribution in [-0.2, 0) is 6.54 Å². The lowest BCUT2D eigenvalue weighted by atomic mass is 10.2. The van der Waals surface area contributed by atoms with Crippen LogP contribution in [0.5, 0.6) is 0 Å². The number of anilines is 1. The molecule has 0 aliphatic carbocycles. The highest BCUT2D eigenvalue weighted by molar-refractivity contribution is 5.54. The van der Waals surface area contributed by atoms with E-state index in [0.29, 0.717) is 5.92 Å². The highest BCUT2D eigenvalue weighted by Crippen LogP contribution is 2.25. The van der Waals surface area contributed by atoms with Crippen molar-refractivity contribution in [1.82, 2.24) is 9.88 Å². The van der Waals surface area contributed by atoms with E-state index in [1.54, 1.807) is 0 Å². The molecule has 0 unspecified atom stereocenters. The second kappa shape index (κ2) is 5.13. The fourth-order valence-corrected chi connectivity index (χ4v) is 2.65. The van der Waals surface area contributed by atoms with Gasteiger partial charge >= 0.3 is 0 Å². The van der Waals surface area contributed by atoms with Crippen LogP contribution in [0.2, 0.25) is 0 Å². The molecule has 1 N–H and O–H groups in total. The topological polar surface area (TPSA) is 20.2 Å². The number of nitrogens with zero attached hydrogens (tertiary/aromatic N) is 2. The van der Waals surface area contributed by atoms with Crippen molar-refractivity contribution in [3.8, 4) is 0 Å². The van der Waals surface area contributed by atoms with E-state index in [1.807, 2.05) is 0 Å². The number of rotatable bonds is 3. The summed E-state index contributed by atoms with van der Waals surface area (Å²) in [5, 5.41) is 3.41. The van der Waals surface area contributed by atoms with Gasteiger partial charge in [0, 0.05) is 44.1 Å². The van der Waals surface area contributed by atoms with Gasteiger partial charge in [-0.15, -0.1) is 0 Å². The maximum Gasteiger partial charge on any atom is 0.0579 e. The molecule has 0 atom stereocenters. The monoisotopic (exact) mass is 235 g/mol. The molecular weight excluding hydrogens is 210 g/mol. The first kappa shape index (κ1) is 12.5. The molecule has 1 aromatic heterocycles. The van der Waals surface area contributed by atoms with Crippen molar-refractivity contribution in [2.24, 2.45) is 5.92 Å². The Bertz CT molecular complexity index is 373. The summed E-state index contributed by atoms with van der Waals surface area (Å²) in [6, 6.07) is 2.35. The Morgan fingerprint density at radius 3 is 2.47 bits per heavy atom. The number of nitrogens with one attached hydrogen (secondary N) is 1. The van der Waals surface area contributed by atoms with Crippen LogP contribution in [-0.4, -0.2) is 30.7 Å². The quantitative estimate of drug-likeness (QED) is 0.866. The zero-order valence-corrected chi connectivity index (χ0v) is 11.6. The largest absolute Gasteiger partial charge is 0.368 e. The van der Waals surface area contributed by atoms with Gasteiger partial charge in [0.15, 0.2) is 0 Å². The SMILES string of the molecule is Cc1cc(N2CCNCC2)c(C)n1CC(C)C. The van der Waals surface area contributed by atoms with Crippen molar-refractivity contribution < 1.29 is 0 Å². The highest BCUT2D eigenvalue weighted by Gasteiger charge is 2.17. The van der Waals surface area contributed by atoms with E-state index >= 15 is 0 Å². The Morgan fingerprint density at radius 2 is 1.88 bits per heavy atom. The lowest BCUT2D eigenvalue weighted by molar-refractivity contribution is 0.508. The molecule has 0 amide bonds. The van der Waals surface area contributed by atoms with Crippen molar-refractivity contribution in [3.63, 3.8) is 0 Å². The van der Waals surface area contributed by atoms with Gasteiger partial charge in [-0.3, -0.25) is 0 Å². The molecular formula is C14H25N3. The average Bonchev–Trinajstić information content (AvgIpc) is 2.58. The van der Waals surface area contributed by atoms with E-state index in [0.717, 1.165) is 32.7 Å². The standard InChI is InChI=1S/C14H25N3/c1-11(2)10-17-12(3)9-14(13(17)4)16-7-5-15-6-8-16/h9,11,15H,5-8,10H2,1-4H3. The molecule has 1 aliphatic heterocycles. The van der Waals surface area contributed by atoms with Gasteiger partial charge < -0.3 is 14.8 Å². The Morgan fingerprint density at radius 1 is 1.24 bits per heavy atom. The summed E-state index contributed by atoms with van der Waals surface area (Å²) in [4.78, 5) is 2.51. The van der Waals surface area contributed by atoms with Gasteiger partial charge in [0.25, 0.3) is 0 Å². The molecule has 0 bridgehead atoms. The van der Waals surface area contributed by atoms with Crippen LogP contribution in [0.25, 0.3) is 0 Å². The van der Waals surface area contributed by atoms with Gasteiger partial charge in [0.1, 0.15) is 0 Å². The van der Waals surface area contributed by atoms with E-state index in [2.05, 4.69) is 48.5 Å². The lowest BCUT2D eigenvalue weighted by Gasteiger charge is -2.29. The highest BCUT2D eigenvalue weighted by atomic mass is 15.2. The molecule has 96 valence electrons. The van der Waals surface area contributed by atoms with Gasteiger partial charge in [-0.1, -0.05) is 13.8 Å². The zero-order chi connectivity index (χ0) is 12.4. The van der Waals surface area contributed by atoms with Gasteiger partial charge in [0.05, 0.1) is 5.69 Å². The fraction of sp³-hybridized carbons (Fsp3) is 0.714. The maximum absolute atomic E-state index is 3.41. The Hall–Kier alpha value is -0.960. The number of aromatic nitrogens is 1. The predicted octanol–water partition coefficient (Wildman–Crippen LogP) is 2.17. The summed E-state index contributed by atoms with van der Waals surface area (Å²) in [6.07, 6.45) is 0. The van der Waals surface area contributed by atoms with Crippen LogP contribution in [0.1, 0.15) is 25.2 Å². The number of hydrogen-bond acceptors (Lipinski definition) is 2. The number of hydrogen-bond donors (Lipinski definition) is 1. The minimum atomic E-state index is 0.704. The zero-order valence-electron chi connectivity index (χ0n) is 11.6. The molecule has 0 radical (unpaired) electrons. The van der Waals surface area contributed by atoms with E-state index in [-0.39, 0.29) is 0 Å². The molecule has 0 saturated carbocycles. The van der Waals surface area contributed by atoms with Crippen molar-refractivity contribution in [2.75, 3.05) is 31.1 Å². The smallest absolute Gasteiger partial charge is 0.0579 e. The van der Waals surface area contributed by atoms with Crippen LogP contribution in [0.4, 0.5) is 5.69 Å². The third-order valence-electron chi connectivity index (χ3n) is 3.55. The predicted molar refractivity (Wildman–Crippen MR) is 73.8 cm³/mol. The van der Waals surface area contributed by atoms with Crippen LogP contribution < -0.4 is 10.2 Å². The van der Waals surface area contributed by atoms with E-state index in [1.165, 1.54) is 17.1 Å². The first-order valence-electron chi connectivity index (χ1n) is 6.72. The fourth-order valence-electron chi connectivity index (χ4n) is 2.65. The summed E-state index contributed by atoms with van der Waals surface area (Å²) in [5.74, 6) is 0.704.